The second-order valence-electron chi connectivity index (χ2n) is 4.36. The standard InChI is InChI=1S/C8H17O5P/c1-7(2,3)8(4,6(9)13-5)14(10,11)12/h1-5H3,(H2,10,11,12). The van der Waals surface area contributed by atoms with Gasteiger partial charge in [-0.2, -0.15) is 0 Å². The summed E-state index contributed by atoms with van der Waals surface area (Å²) in [6.07, 6.45) is 0. The van der Waals surface area contributed by atoms with E-state index in [9.17, 15) is 19.1 Å². The molecule has 2 N–H and O–H groups in total. The summed E-state index contributed by atoms with van der Waals surface area (Å²) in [5, 5.41) is -1.81. The Hall–Kier alpha value is -0.380. The highest BCUT2D eigenvalue weighted by molar-refractivity contribution is 7.54. The fourth-order valence-corrected chi connectivity index (χ4v) is 2.26. The van der Waals surface area contributed by atoms with Gasteiger partial charge in [0.05, 0.1) is 7.11 Å². The highest BCUT2D eigenvalue weighted by atomic mass is 31.2. The van der Waals surface area contributed by atoms with Gasteiger partial charge in [0.2, 0.25) is 0 Å². The fourth-order valence-electron chi connectivity index (χ4n) is 1.06. The zero-order valence-electron chi connectivity index (χ0n) is 9.07. The summed E-state index contributed by atoms with van der Waals surface area (Å²) in [6, 6.07) is 0. The first kappa shape index (κ1) is 13.6. The fraction of sp³-hybridized carbons (Fsp3) is 0.875. The number of methoxy groups -OCH3 is 1. The van der Waals surface area contributed by atoms with Crippen LogP contribution in [0, 0.1) is 5.41 Å². The molecule has 0 bridgehead atoms. The number of hydrogen-bond donors (Lipinski definition) is 2. The lowest BCUT2D eigenvalue weighted by Gasteiger charge is -2.38. The average molecular weight is 224 g/mol. The van der Waals surface area contributed by atoms with Crippen LogP contribution in [-0.4, -0.2) is 28.0 Å². The lowest BCUT2D eigenvalue weighted by atomic mass is 9.81. The van der Waals surface area contributed by atoms with Crippen LogP contribution in [0.5, 0.6) is 0 Å². The van der Waals surface area contributed by atoms with E-state index in [0.717, 1.165) is 7.11 Å². The van der Waals surface area contributed by atoms with Crippen LogP contribution in [0.15, 0.2) is 0 Å². The molecule has 84 valence electrons. The molecule has 0 rings (SSSR count). The minimum absolute atomic E-state index is 0.876. The molecule has 0 aromatic carbocycles. The average Bonchev–Trinajstić information content (AvgIpc) is 1.97. The summed E-state index contributed by atoms with van der Waals surface area (Å²) in [7, 11) is -3.44. The van der Waals surface area contributed by atoms with Crippen LogP contribution < -0.4 is 0 Å². The van der Waals surface area contributed by atoms with Crippen molar-refractivity contribution in [2.24, 2.45) is 5.41 Å². The normalized spacial score (nSPS) is 17.4. The van der Waals surface area contributed by atoms with Gasteiger partial charge in [0.1, 0.15) is 0 Å². The van der Waals surface area contributed by atoms with Gasteiger partial charge in [-0.15, -0.1) is 0 Å². The van der Waals surface area contributed by atoms with Crippen molar-refractivity contribution in [3.8, 4) is 0 Å². The van der Waals surface area contributed by atoms with Crippen LogP contribution in [0.1, 0.15) is 27.7 Å². The monoisotopic (exact) mass is 224 g/mol. The van der Waals surface area contributed by atoms with Crippen LogP contribution in [0.25, 0.3) is 0 Å². The topological polar surface area (TPSA) is 83.8 Å². The number of rotatable bonds is 2. The minimum atomic E-state index is -4.56. The smallest absolute Gasteiger partial charge is 0.343 e. The molecule has 0 aliphatic heterocycles. The SMILES string of the molecule is COC(=O)C(C)(C(C)(C)C)P(=O)(O)O. The third-order valence-electron chi connectivity index (χ3n) is 2.63. The van der Waals surface area contributed by atoms with Crippen molar-refractivity contribution in [3.63, 3.8) is 0 Å². The van der Waals surface area contributed by atoms with E-state index >= 15 is 0 Å². The highest BCUT2D eigenvalue weighted by Gasteiger charge is 2.58. The highest BCUT2D eigenvalue weighted by Crippen LogP contribution is 2.59. The van der Waals surface area contributed by atoms with E-state index in [1.54, 1.807) is 20.8 Å². The quantitative estimate of drug-likeness (QED) is 0.542. The lowest BCUT2D eigenvalue weighted by molar-refractivity contribution is -0.147. The van der Waals surface area contributed by atoms with Gasteiger partial charge in [-0.1, -0.05) is 20.8 Å². The Morgan fingerprint density at radius 1 is 1.21 bits per heavy atom. The van der Waals surface area contributed by atoms with E-state index in [-0.39, 0.29) is 0 Å². The Morgan fingerprint density at radius 2 is 1.57 bits per heavy atom. The maximum atomic E-state index is 11.4. The molecule has 0 amide bonds. The number of carbonyl (C=O) groups excluding carboxylic acids is 1. The molecule has 0 radical (unpaired) electrons. The molecule has 0 spiro atoms. The van der Waals surface area contributed by atoms with E-state index in [1.807, 2.05) is 0 Å². The minimum Gasteiger partial charge on any atom is -0.468 e. The zero-order chi connectivity index (χ0) is 11.8. The molecule has 5 nitrogen and oxygen atoms in total. The molecule has 0 fully saturated rings. The van der Waals surface area contributed by atoms with E-state index < -0.39 is 24.1 Å². The Bertz CT molecular complexity index is 274. The van der Waals surface area contributed by atoms with Crippen molar-refractivity contribution < 1.29 is 23.9 Å². The predicted octanol–water partition coefficient (Wildman–Crippen LogP) is 1.14. The van der Waals surface area contributed by atoms with Crippen LogP contribution in [0.3, 0.4) is 0 Å². The van der Waals surface area contributed by atoms with Gasteiger partial charge >= 0.3 is 13.6 Å². The van der Waals surface area contributed by atoms with Gasteiger partial charge in [-0.25, -0.2) is 0 Å². The van der Waals surface area contributed by atoms with Gasteiger partial charge in [-0.05, 0) is 12.3 Å². The molecule has 0 aliphatic rings. The van der Waals surface area contributed by atoms with Gasteiger partial charge in [0.15, 0.2) is 5.16 Å². The largest absolute Gasteiger partial charge is 0.468 e. The first-order valence-corrected chi connectivity index (χ1v) is 5.74. The van der Waals surface area contributed by atoms with E-state index in [4.69, 9.17) is 0 Å². The first-order chi connectivity index (χ1) is 5.98. The molecule has 1 unspecified atom stereocenters. The third-order valence-corrected chi connectivity index (χ3v) is 4.64. The molecular formula is C8H17O5P. The summed E-state index contributed by atoms with van der Waals surface area (Å²) in [4.78, 5) is 29.8. The maximum absolute atomic E-state index is 11.4. The molecule has 0 aromatic rings. The van der Waals surface area contributed by atoms with Gasteiger partial charge < -0.3 is 14.5 Å². The Labute approximate surface area is 83.6 Å². The lowest BCUT2D eigenvalue weighted by Crippen LogP contribution is -2.47. The van der Waals surface area contributed by atoms with Crippen molar-refractivity contribution >= 4 is 13.6 Å². The maximum Gasteiger partial charge on any atom is 0.343 e. The van der Waals surface area contributed by atoms with Gasteiger partial charge in [0.25, 0.3) is 0 Å². The van der Waals surface area contributed by atoms with Crippen molar-refractivity contribution in [1.29, 1.82) is 0 Å². The number of esters is 1. The summed E-state index contributed by atoms with van der Waals surface area (Å²) in [5.74, 6) is -0.890. The number of ether oxygens (including phenoxy) is 1. The summed E-state index contributed by atoms with van der Waals surface area (Å²) < 4.78 is 15.7. The summed E-state index contributed by atoms with van der Waals surface area (Å²) >= 11 is 0. The van der Waals surface area contributed by atoms with E-state index in [1.165, 1.54) is 6.92 Å². The van der Waals surface area contributed by atoms with Crippen molar-refractivity contribution in [1.82, 2.24) is 0 Å². The van der Waals surface area contributed by atoms with Gasteiger partial charge in [-0.3, -0.25) is 9.36 Å². The summed E-state index contributed by atoms with van der Waals surface area (Å²) in [6.45, 7) is 5.98. The molecule has 0 aliphatic carbocycles. The Morgan fingerprint density at radius 3 is 1.64 bits per heavy atom. The van der Waals surface area contributed by atoms with E-state index in [0.29, 0.717) is 0 Å². The van der Waals surface area contributed by atoms with Crippen LogP contribution >= 0.6 is 7.60 Å². The second kappa shape index (κ2) is 3.65. The van der Waals surface area contributed by atoms with Crippen LogP contribution in [0.4, 0.5) is 0 Å². The number of hydrogen-bond acceptors (Lipinski definition) is 3. The second-order valence-corrected chi connectivity index (χ2v) is 6.34. The van der Waals surface area contributed by atoms with Crippen LogP contribution in [0.2, 0.25) is 0 Å². The predicted molar refractivity (Wildman–Crippen MR) is 51.9 cm³/mol. The van der Waals surface area contributed by atoms with Crippen molar-refractivity contribution in [3.05, 3.63) is 0 Å². The first-order valence-electron chi connectivity index (χ1n) is 4.12. The molecule has 6 heteroatoms. The van der Waals surface area contributed by atoms with Crippen LogP contribution in [-0.2, 0) is 14.1 Å². The summed E-state index contributed by atoms with van der Waals surface area (Å²) in [5.41, 5.74) is -0.876. The van der Waals surface area contributed by atoms with Crippen molar-refractivity contribution in [2.75, 3.05) is 7.11 Å². The zero-order valence-corrected chi connectivity index (χ0v) is 9.96. The molecule has 1 atom stereocenters. The van der Waals surface area contributed by atoms with E-state index in [2.05, 4.69) is 4.74 Å². The molecule has 0 heterocycles. The Balaban J connectivity index is 5.53. The molecule has 0 aromatic heterocycles. The Kier molecular flexibility index (Phi) is 3.55. The molecule has 14 heavy (non-hydrogen) atoms. The molecule has 0 saturated heterocycles. The third kappa shape index (κ3) is 2.00. The van der Waals surface area contributed by atoms with Crippen molar-refractivity contribution in [2.45, 2.75) is 32.9 Å². The molecule has 0 saturated carbocycles. The van der Waals surface area contributed by atoms with Gasteiger partial charge in [0, 0.05) is 0 Å². The molecular weight excluding hydrogens is 207 g/mol. The number of carbonyl (C=O) groups is 1.